The van der Waals surface area contributed by atoms with Crippen molar-refractivity contribution in [3.63, 3.8) is 0 Å². The van der Waals surface area contributed by atoms with Crippen LogP contribution in [0, 0.1) is 17.8 Å². The third-order valence-corrected chi connectivity index (χ3v) is 6.02. The Balaban J connectivity index is 1.92. The van der Waals surface area contributed by atoms with Gasteiger partial charge in [-0.1, -0.05) is 12.8 Å². The van der Waals surface area contributed by atoms with Crippen LogP contribution in [0.4, 0.5) is 0 Å². The van der Waals surface area contributed by atoms with Crippen molar-refractivity contribution in [1.82, 2.24) is 5.32 Å². The quantitative estimate of drug-likeness (QED) is 0.861. The number of benzene rings is 1. The number of hydrogen-bond donors (Lipinski definition) is 1. The average molecular weight is 354 g/mol. The SMILES string of the molecule is CNC(c1ccc(OC)c(Br)c1OC)C1C2CCCCC21. The van der Waals surface area contributed by atoms with E-state index < -0.39 is 0 Å². The van der Waals surface area contributed by atoms with E-state index >= 15 is 0 Å². The molecule has 2 aliphatic carbocycles. The minimum atomic E-state index is 0.371. The lowest BCUT2D eigenvalue weighted by Crippen LogP contribution is -2.20. The normalized spacial score (nSPS) is 28.7. The number of ether oxygens (including phenoxy) is 2. The molecule has 0 saturated heterocycles. The zero-order valence-corrected chi connectivity index (χ0v) is 14.6. The van der Waals surface area contributed by atoms with Gasteiger partial charge in [0.2, 0.25) is 0 Å². The summed E-state index contributed by atoms with van der Waals surface area (Å²) >= 11 is 3.62. The molecule has 3 unspecified atom stereocenters. The van der Waals surface area contributed by atoms with Gasteiger partial charge in [-0.15, -0.1) is 0 Å². The van der Waals surface area contributed by atoms with E-state index in [1.807, 2.05) is 6.07 Å². The predicted molar refractivity (Wildman–Crippen MR) is 88.0 cm³/mol. The van der Waals surface area contributed by atoms with Gasteiger partial charge >= 0.3 is 0 Å². The molecule has 1 aromatic carbocycles. The van der Waals surface area contributed by atoms with Gasteiger partial charge in [0.05, 0.1) is 14.2 Å². The Morgan fingerprint density at radius 2 is 1.81 bits per heavy atom. The van der Waals surface area contributed by atoms with Crippen LogP contribution in [0.2, 0.25) is 0 Å². The van der Waals surface area contributed by atoms with Crippen LogP contribution in [0.3, 0.4) is 0 Å². The molecule has 21 heavy (non-hydrogen) atoms. The van der Waals surface area contributed by atoms with Crippen LogP contribution in [0.15, 0.2) is 16.6 Å². The van der Waals surface area contributed by atoms with Crippen LogP contribution in [0.1, 0.15) is 37.3 Å². The first kappa shape index (κ1) is 15.2. The largest absolute Gasteiger partial charge is 0.495 e. The first-order valence-corrected chi connectivity index (χ1v) is 8.59. The molecule has 0 aromatic heterocycles. The number of rotatable bonds is 5. The van der Waals surface area contributed by atoms with E-state index in [9.17, 15) is 0 Å². The van der Waals surface area contributed by atoms with Gasteiger partial charge in [-0.2, -0.15) is 0 Å². The van der Waals surface area contributed by atoms with Crippen molar-refractivity contribution in [2.75, 3.05) is 21.3 Å². The summed E-state index contributed by atoms with van der Waals surface area (Å²) in [5, 5.41) is 3.53. The Morgan fingerprint density at radius 3 is 2.33 bits per heavy atom. The maximum atomic E-state index is 5.67. The molecular weight excluding hydrogens is 330 g/mol. The summed E-state index contributed by atoms with van der Waals surface area (Å²) in [5.41, 5.74) is 1.24. The fraction of sp³-hybridized carbons (Fsp3) is 0.647. The lowest BCUT2D eigenvalue weighted by atomic mass is 9.98. The minimum Gasteiger partial charge on any atom is -0.495 e. The molecule has 2 aliphatic rings. The van der Waals surface area contributed by atoms with Crippen LogP contribution in [0.5, 0.6) is 11.5 Å². The highest BCUT2D eigenvalue weighted by Crippen LogP contribution is 2.61. The highest BCUT2D eigenvalue weighted by Gasteiger charge is 2.54. The molecule has 0 radical (unpaired) electrons. The lowest BCUT2D eigenvalue weighted by molar-refractivity contribution is 0.374. The van der Waals surface area contributed by atoms with Crippen molar-refractivity contribution in [3.05, 3.63) is 22.2 Å². The molecule has 3 nitrogen and oxygen atoms in total. The molecule has 116 valence electrons. The number of halogens is 1. The van der Waals surface area contributed by atoms with E-state index in [0.29, 0.717) is 6.04 Å². The maximum Gasteiger partial charge on any atom is 0.141 e. The molecule has 2 saturated carbocycles. The summed E-state index contributed by atoms with van der Waals surface area (Å²) in [6.45, 7) is 0. The third-order valence-electron chi connectivity index (χ3n) is 5.27. The first-order chi connectivity index (χ1) is 10.2. The Morgan fingerprint density at radius 1 is 1.14 bits per heavy atom. The molecule has 0 bridgehead atoms. The van der Waals surface area contributed by atoms with Gasteiger partial charge in [-0.25, -0.2) is 0 Å². The molecule has 0 heterocycles. The Hall–Kier alpha value is -0.740. The van der Waals surface area contributed by atoms with Crippen molar-refractivity contribution < 1.29 is 9.47 Å². The number of hydrogen-bond acceptors (Lipinski definition) is 3. The number of nitrogens with one attached hydrogen (secondary N) is 1. The van der Waals surface area contributed by atoms with Gasteiger partial charge in [0.15, 0.2) is 0 Å². The molecule has 0 aliphatic heterocycles. The van der Waals surface area contributed by atoms with E-state index in [-0.39, 0.29) is 0 Å². The van der Waals surface area contributed by atoms with Crippen molar-refractivity contribution in [2.45, 2.75) is 31.7 Å². The highest BCUT2D eigenvalue weighted by molar-refractivity contribution is 9.10. The monoisotopic (exact) mass is 353 g/mol. The van der Waals surface area contributed by atoms with Crippen LogP contribution in [-0.4, -0.2) is 21.3 Å². The summed E-state index contributed by atoms with van der Waals surface area (Å²) in [7, 11) is 5.48. The Kier molecular flexibility index (Phi) is 4.46. The van der Waals surface area contributed by atoms with Crippen molar-refractivity contribution in [1.29, 1.82) is 0 Å². The van der Waals surface area contributed by atoms with Crippen molar-refractivity contribution in [2.24, 2.45) is 17.8 Å². The molecule has 2 fully saturated rings. The second-order valence-electron chi connectivity index (χ2n) is 6.16. The molecule has 3 atom stereocenters. The molecule has 0 amide bonds. The third kappa shape index (κ3) is 2.57. The van der Waals surface area contributed by atoms with Gasteiger partial charge in [0, 0.05) is 11.6 Å². The van der Waals surface area contributed by atoms with Gasteiger partial charge in [-0.05, 0) is 65.7 Å². The van der Waals surface area contributed by atoms with E-state index in [1.165, 1.54) is 31.2 Å². The van der Waals surface area contributed by atoms with Crippen LogP contribution in [0.25, 0.3) is 0 Å². The zero-order valence-electron chi connectivity index (χ0n) is 13.0. The lowest BCUT2D eigenvalue weighted by Gasteiger charge is -2.22. The van der Waals surface area contributed by atoms with Crippen LogP contribution in [-0.2, 0) is 0 Å². The van der Waals surface area contributed by atoms with Crippen molar-refractivity contribution in [3.8, 4) is 11.5 Å². The Labute approximate surface area is 135 Å². The van der Waals surface area contributed by atoms with Gasteiger partial charge in [0.1, 0.15) is 16.0 Å². The van der Waals surface area contributed by atoms with Crippen LogP contribution >= 0.6 is 15.9 Å². The van der Waals surface area contributed by atoms with Crippen LogP contribution < -0.4 is 14.8 Å². The summed E-state index contributed by atoms with van der Waals surface area (Å²) in [6, 6.07) is 4.54. The summed E-state index contributed by atoms with van der Waals surface area (Å²) in [4.78, 5) is 0. The summed E-state index contributed by atoms with van der Waals surface area (Å²) < 4.78 is 12.0. The van der Waals surface area contributed by atoms with Gasteiger partial charge < -0.3 is 14.8 Å². The second kappa shape index (κ2) is 6.17. The van der Waals surface area contributed by atoms with E-state index in [2.05, 4.69) is 34.4 Å². The highest BCUT2D eigenvalue weighted by atomic mass is 79.9. The smallest absolute Gasteiger partial charge is 0.141 e. The topological polar surface area (TPSA) is 30.5 Å². The first-order valence-electron chi connectivity index (χ1n) is 7.80. The zero-order chi connectivity index (χ0) is 15.0. The molecule has 4 heteroatoms. The van der Waals surface area contributed by atoms with E-state index in [1.54, 1.807) is 14.2 Å². The number of fused-ring (bicyclic) bond motifs is 1. The van der Waals surface area contributed by atoms with Gasteiger partial charge in [0.25, 0.3) is 0 Å². The van der Waals surface area contributed by atoms with E-state index in [0.717, 1.165) is 33.7 Å². The summed E-state index contributed by atoms with van der Waals surface area (Å²) in [5.74, 6) is 4.28. The average Bonchev–Trinajstić information content (AvgIpc) is 3.23. The fourth-order valence-electron chi connectivity index (χ4n) is 4.26. The minimum absolute atomic E-state index is 0.371. The molecular formula is C17H24BrNO2. The van der Waals surface area contributed by atoms with Crippen molar-refractivity contribution >= 4 is 15.9 Å². The molecule has 1 aromatic rings. The second-order valence-corrected chi connectivity index (χ2v) is 6.95. The fourth-order valence-corrected chi connectivity index (χ4v) is 4.95. The van der Waals surface area contributed by atoms with E-state index in [4.69, 9.17) is 9.47 Å². The maximum absolute atomic E-state index is 5.67. The Bertz CT molecular complexity index is 508. The standard InChI is InChI=1S/C17H24BrNO2/c1-19-16(14-10-6-4-5-7-11(10)14)12-8-9-13(20-2)15(18)17(12)21-3/h8-11,14,16,19H,4-7H2,1-3H3. The molecule has 3 rings (SSSR count). The summed E-state index contributed by atoms with van der Waals surface area (Å²) in [6.07, 6.45) is 5.59. The molecule has 0 spiro atoms. The molecule has 1 N–H and O–H groups in total. The number of methoxy groups -OCH3 is 2. The predicted octanol–water partition coefficient (Wildman–Crippen LogP) is 4.16. The van der Waals surface area contributed by atoms with Gasteiger partial charge in [-0.3, -0.25) is 0 Å².